The molecule has 0 saturated carbocycles. The van der Waals surface area contributed by atoms with Gasteiger partial charge in [-0.1, -0.05) is 63.7 Å². The first kappa shape index (κ1) is 28.4. The van der Waals surface area contributed by atoms with Gasteiger partial charge < -0.3 is 18.9 Å². The molecule has 0 N–H and O–H groups in total. The number of hydrogen-bond donors (Lipinski definition) is 0. The van der Waals surface area contributed by atoms with Crippen LogP contribution in [0, 0.1) is 0 Å². The van der Waals surface area contributed by atoms with E-state index in [4.69, 9.17) is 23.9 Å². The number of aromatic nitrogens is 1. The molecule has 10 heteroatoms. The van der Waals surface area contributed by atoms with Gasteiger partial charge in [-0.3, -0.25) is 9.36 Å². The summed E-state index contributed by atoms with van der Waals surface area (Å²) in [7, 11) is 4.67. The van der Waals surface area contributed by atoms with Gasteiger partial charge in [0.15, 0.2) is 16.3 Å². The molecule has 2 heterocycles. The second kappa shape index (κ2) is 12.2. The van der Waals surface area contributed by atoms with Crippen molar-refractivity contribution in [3.63, 3.8) is 0 Å². The zero-order valence-electron chi connectivity index (χ0n) is 22.8. The first-order valence-corrected chi connectivity index (χ1v) is 14.3. The van der Waals surface area contributed by atoms with Gasteiger partial charge in [0, 0.05) is 15.6 Å². The summed E-state index contributed by atoms with van der Waals surface area (Å²) in [6.07, 6.45) is 1.77. The number of rotatable bonds is 8. The molecule has 1 aliphatic heterocycles. The summed E-state index contributed by atoms with van der Waals surface area (Å²) >= 11 is 4.74. The van der Waals surface area contributed by atoms with Crippen molar-refractivity contribution >= 4 is 45.0 Å². The third-order valence-electron chi connectivity index (χ3n) is 6.58. The second-order valence-corrected chi connectivity index (χ2v) is 10.9. The Labute approximate surface area is 248 Å². The minimum absolute atomic E-state index is 0.163. The highest BCUT2D eigenvalue weighted by molar-refractivity contribution is 9.10. The Balaban J connectivity index is 1.86. The van der Waals surface area contributed by atoms with Crippen LogP contribution in [0.1, 0.15) is 29.7 Å². The smallest absolute Gasteiger partial charge is 0.338 e. The average Bonchev–Trinajstić information content (AvgIpc) is 3.30. The predicted molar refractivity (Wildman–Crippen MR) is 161 cm³/mol. The predicted octanol–water partition coefficient (Wildman–Crippen LogP) is 4.72. The van der Waals surface area contributed by atoms with Crippen molar-refractivity contribution in [2.75, 3.05) is 27.9 Å². The van der Waals surface area contributed by atoms with E-state index < -0.39 is 12.0 Å². The second-order valence-electron chi connectivity index (χ2n) is 8.93. The van der Waals surface area contributed by atoms with E-state index in [0.29, 0.717) is 37.8 Å². The standard InChI is InChI=1S/C31H27BrN2O6S/c1-5-40-30(36)26-27(18-9-7-6-8-10-18)33-31-34(28(26)19-11-13-23(38-3)24(16-19)39-4)29(35)25(41-31)17-20-15-21(32)12-14-22(20)37-2/h6-17,28H,5H2,1-4H3/b25-17-/t28-/m0/s1. The maximum Gasteiger partial charge on any atom is 0.338 e. The number of benzene rings is 3. The van der Waals surface area contributed by atoms with Gasteiger partial charge in [-0.25, -0.2) is 9.79 Å². The Bertz CT molecular complexity index is 1830. The minimum atomic E-state index is -0.841. The average molecular weight is 636 g/mol. The third kappa shape index (κ3) is 5.45. The Hall–Kier alpha value is -4.15. The fraction of sp³-hybridized carbons (Fsp3) is 0.194. The number of carbonyl (C=O) groups excluding carboxylic acids is 1. The number of hydrogen-bond acceptors (Lipinski definition) is 8. The monoisotopic (exact) mass is 634 g/mol. The molecule has 3 aromatic carbocycles. The SMILES string of the molecule is CCOC(=O)C1=C(c2ccccc2)N=c2s/c(=C\c3cc(Br)ccc3OC)c(=O)n2[C@H]1c1ccc(OC)c(OC)c1. The highest BCUT2D eigenvalue weighted by Gasteiger charge is 2.35. The van der Waals surface area contributed by atoms with Gasteiger partial charge in [-0.15, -0.1) is 0 Å². The molecule has 1 atom stereocenters. The Kier molecular flexibility index (Phi) is 8.41. The van der Waals surface area contributed by atoms with Crippen LogP contribution in [0.5, 0.6) is 17.2 Å². The van der Waals surface area contributed by atoms with Crippen LogP contribution in [0.15, 0.2) is 86.6 Å². The van der Waals surface area contributed by atoms with Crippen molar-refractivity contribution in [1.29, 1.82) is 0 Å². The van der Waals surface area contributed by atoms with E-state index in [1.807, 2.05) is 54.6 Å². The van der Waals surface area contributed by atoms with Gasteiger partial charge in [0.25, 0.3) is 5.56 Å². The van der Waals surface area contributed by atoms with E-state index in [2.05, 4.69) is 15.9 Å². The van der Waals surface area contributed by atoms with Crippen LogP contribution in [-0.4, -0.2) is 38.5 Å². The zero-order chi connectivity index (χ0) is 29.1. The van der Waals surface area contributed by atoms with E-state index in [1.165, 1.54) is 18.4 Å². The Morgan fingerprint density at radius 1 is 0.976 bits per heavy atom. The lowest BCUT2D eigenvalue weighted by Gasteiger charge is -2.26. The molecule has 0 aliphatic carbocycles. The highest BCUT2D eigenvalue weighted by atomic mass is 79.9. The maximum atomic E-state index is 14.1. The summed E-state index contributed by atoms with van der Waals surface area (Å²) in [5, 5.41) is 0. The molecule has 0 radical (unpaired) electrons. The molecule has 0 amide bonds. The van der Waals surface area contributed by atoms with Gasteiger partial charge >= 0.3 is 5.97 Å². The first-order chi connectivity index (χ1) is 19.9. The van der Waals surface area contributed by atoms with Crippen LogP contribution in [-0.2, 0) is 9.53 Å². The molecule has 4 aromatic rings. The number of methoxy groups -OCH3 is 3. The summed E-state index contributed by atoms with van der Waals surface area (Å²) in [5.41, 5.74) is 2.49. The van der Waals surface area contributed by atoms with E-state index in [9.17, 15) is 9.59 Å². The van der Waals surface area contributed by atoms with Crippen molar-refractivity contribution in [2.45, 2.75) is 13.0 Å². The summed E-state index contributed by atoms with van der Waals surface area (Å²) in [6, 6.07) is 19.5. The fourth-order valence-corrected chi connectivity index (χ4v) is 6.11. The van der Waals surface area contributed by atoms with Crippen molar-refractivity contribution in [3.05, 3.63) is 113 Å². The number of carbonyl (C=O) groups is 1. The topological polar surface area (TPSA) is 88.4 Å². The van der Waals surface area contributed by atoms with E-state index in [1.54, 1.807) is 43.9 Å². The molecule has 210 valence electrons. The van der Waals surface area contributed by atoms with Crippen LogP contribution >= 0.6 is 27.3 Å². The molecule has 0 fully saturated rings. The van der Waals surface area contributed by atoms with E-state index in [-0.39, 0.29) is 17.7 Å². The molecule has 8 nitrogen and oxygen atoms in total. The van der Waals surface area contributed by atoms with Crippen molar-refractivity contribution in [2.24, 2.45) is 4.99 Å². The van der Waals surface area contributed by atoms with E-state index in [0.717, 1.165) is 15.6 Å². The van der Waals surface area contributed by atoms with Gasteiger partial charge in [-0.2, -0.15) is 0 Å². The number of halogens is 1. The van der Waals surface area contributed by atoms with Gasteiger partial charge in [-0.05, 0) is 48.9 Å². The summed E-state index contributed by atoms with van der Waals surface area (Å²) in [6.45, 7) is 1.91. The van der Waals surface area contributed by atoms with Crippen LogP contribution in [0.25, 0.3) is 11.8 Å². The molecule has 0 spiro atoms. The van der Waals surface area contributed by atoms with Gasteiger partial charge in [0.1, 0.15) is 5.75 Å². The first-order valence-electron chi connectivity index (χ1n) is 12.7. The van der Waals surface area contributed by atoms with Gasteiger partial charge in [0.05, 0.1) is 49.8 Å². The summed E-state index contributed by atoms with van der Waals surface area (Å²) in [4.78, 5) is 33.1. The molecule has 0 bridgehead atoms. The normalized spacial score (nSPS) is 14.8. The number of esters is 1. The van der Waals surface area contributed by atoms with Crippen molar-refractivity contribution in [1.82, 2.24) is 4.57 Å². The summed E-state index contributed by atoms with van der Waals surface area (Å²) < 4.78 is 24.9. The lowest BCUT2D eigenvalue weighted by atomic mass is 9.93. The Morgan fingerprint density at radius 3 is 2.37 bits per heavy atom. The van der Waals surface area contributed by atoms with E-state index >= 15 is 0 Å². The van der Waals surface area contributed by atoms with Crippen LogP contribution in [0.4, 0.5) is 0 Å². The number of thiazole rings is 1. The lowest BCUT2D eigenvalue weighted by Crippen LogP contribution is -2.40. The fourth-order valence-electron chi connectivity index (χ4n) is 4.74. The van der Waals surface area contributed by atoms with Crippen LogP contribution in [0.3, 0.4) is 0 Å². The molecular weight excluding hydrogens is 608 g/mol. The largest absolute Gasteiger partial charge is 0.496 e. The van der Waals surface area contributed by atoms with Crippen molar-refractivity contribution < 1.29 is 23.7 Å². The van der Waals surface area contributed by atoms with Gasteiger partial charge in [0.2, 0.25) is 0 Å². The number of nitrogens with zero attached hydrogens (tertiary/aromatic N) is 2. The molecule has 5 rings (SSSR count). The molecule has 0 saturated heterocycles. The zero-order valence-corrected chi connectivity index (χ0v) is 25.2. The lowest BCUT2D eigenvalue weighted by molar-refractivity contribution is -0.138. The van der Waals surface area contributed by atoms with Crippen LogP contribution < -0.4 is 29.1 Å². The quantitative estimate of drug-likeness (QED) is 0.261. The van der Waals surface area contributed by atoms with Crippen LogP contribution in [0.2, 0.25) is 0 Å². The Morgan fingerprint density at radius 2 is 1.68 bits per heavy atom. The maximum absolute atomic E-state index is 14.1. The summed E-state index contributed by atoms with van der Waals surface area (Å²) in [5.74, 6) is 1.05. The minimum Gasteiger partial charge on any atom is -0.496 e. The number of fused-ring (bicyclic) bond motifs is 1. The van der Waals surface area contributed by atoms with Crippen molar-refractivity contribution in [3.8, 4) is 17.2 Å². The molecule has 41 heavy (non-hydrogen) atoms. The highest BCUT2D eigenvalue weighted by Crippen LogP contribution is 2.38. The molecule has 1 aliphatic rings. The number of ether oxygens (including phenoxy) is 4. The molecule has 0 unspecified atom stereocenters. The molecule has 1 aromatic heterocycles. The molecular formula is C31H27BrN2O6S. The third-order valence-corrected chi connectivity index (χ3v) is 8.05.